The van der Waals surface area contributed by atoms with Crippen LogP contribution < -0.4 is 0 Å². The Morgan fingerprint density at radius 1 is 0.455 bits per heavy atom. The molecule has 0 bridgehead atoms. The summed E-state index contributed by atoms with van der Waals surface area (Å²) in [7, 11) is 0. The molecule has 0 heteroatoms. The highest BCUT2D eigenvalue weighted by atomic mass is 14.2. The lowest BCUT2D eigenvalue weighted by molar-refractivity contribution is 0.281. The van der Waals surface area contributed by atoms with E-state index in [-0.39, 0.29) is 0 Å². The maximum atomic E-state index is 2.48. The van der Waals surface area contributed by atoms with Crippen molar-refractivity contribution in [2.45, 2.75) is 107 Å². The van der Waals surface area contributed by atoms with Gasteiger partial charge in [-0.3, -0.25) is 0 Å². The summed E-state index contributed by atoms with van der Waals surface area (Å²) in [6.07, 6.45) is 11.4. The van der Waals surface area contributed by atoms with Crippen LogP contribution in [0.1, 0.15) is 107 Å². The fourth-order valence-electron chi connectivity index (χ4n) is 3.24. The van der Waals surface area contributed by atoms with Crippen LogP contribution in [0.15, 0.2) is 0 Å². The lowest BCUT2D eigenvalue weighted by Gasteiger charge is -2.23. The minimum absolute atomic E-state index is 0.842. The first kappa shape index (κ1) is 22.0. The second-order valence-corrected chi connectivity index (χ2v) is 9.11. The Bertz CT molecular complexity index is 240. The van der Waals surface area contributed by atoms with Crippen molar-refractivity contribution in [1.82, 2.24) is 0 Å². The van der Waals surface area contributed by atoms with Gasteiger partial charge in [0.05, 0.1) is 0 Å². The molecule has 0 N–H and O–H groups in total. The van der Waals surface area contributed by atoms with E-state index in [2.05, 4.69) is 55.4 Å². The summed E-state index contributed by atoms with van der Waals surface area (Å²) in [6, 6.07) is 0. The van der Waals surface area contributed by atoms with Gasteiger partial charge in [-0.1, -0.05) is 107 Å². The molecule has 22 heavy (non-hydrogen) atoms. The van der Waals surface area contributed by atoms with E-state index >= 15 is 0 Å². The predicted octanol–water partition coefficient (Wildman–Crippen LogP) is 7.96. The van der Waals surface area contributed by atoms with E-state index in [1.165, 1.54) is 51.4 Å². The first-order chi connectivity index (χ1) is 10.2. The zero-order valence-corrected chi connectivity index (χ0v) is 17.1. The van der Waals surface area contributed by atoms with E-state index in [1.54, 1.807) is 0 Å². The molecule has 0 heterocycles. The third-order valence-electron chi connectivity index (χ3n) is 6.02. The lowest BCUT2D eigenvalue weighted by Crippen LogP contribution is -2.12. The van der Waals surface area contributed by atoms with Gasteiger partial charge in [0.25, 0.3) is 0 Å². The van der Waals surface area contributed by atoms with Gasteiger partial charge in [-0.15, -0.1) is 0 Å². The van der Waals surface area contributed by atoms with Crippen LogP contribution in [0.4, 0.5) is 0 Å². The van der Waals surface area contributed by atoms with Crippen LogP contribution in [0.25, 0.3) is 0 Å². The van der Waals surface area contributed by atoms with Gasteiger partial charge in [-0.05, 0) is 35.5 Å². The lowest BCUT2D eigenvalue weighted by atomic mass is 9.83. The summed E-state index contributed by atoms with van der Waals surface area (Å²) in [5.41, 5.74) is 0. The van der Waals surface area contributed by atoms with Crippen molar-refractivity contribution in [1.29, 1.82) is 0 Å². The van der Waals surface area contributed by atoms with Crippen LogP contribution in [0, 0.1) is 35.5 Å². The Kier molecular flexibility index (Phi) is 12.4. The standard InChI is InChI=1S/C22H46/c1-17(2)11-9-12-19(5)13-10-14-21(7)22(8)16-15-20(6)18(3)4/h17-22H,9-16H2,1-8H3. The summed E-state index contributed by atoms with van der Waals surface area (Å²) in [4.78, 5) is 0. The highest BCUT2D eigenvalue weighted by Crippen LogP contribution is 2.27. The molecule has 4 unspecified atom stereocenters. The first-order valence-corrected chi connectivity index (χ1v) is 10.2. The van der Waals surface area contributed by atoms with Crippen molar-refractivity contribution in [2.75, 3.05) is 0 Å². The van der Waals surface area contributed by atoms with Crippen molar-refractivity contribution in [3.05, 3.63) is 0 Å². The van der Waals surface area contributed by atoms with Crippen molar-refractivity contribution in [3.63, 3.8) is 0 Å². The van der Waals surface area contributed by atoms with Crippen LogP contribution in [-0.4, -0.2) is 0 Å². The van der Waals surface area contributed by atoms with Crippen molar-refractivity contribution in [2.24, 2.45) is 35.5 Å². The van der Waals surface area contributed by atoms with Crippen LogP contribution in [-0.2, 0) is 0 Å². The second-order valence-electron chi connectivity index (χ2n) is 9.11. The summed E-state index contributed by atoms with van der Waals surface area (Å²) < 4.78 is 0. The van der Waals surface area contributed by atoms with E-state index < -0.39 is 0 Å². The molecular formula is C22H46. The van der Waals surface area contributed by atoms with E-state index in [1.807, 2.05) is 0 Å². The van der Waals surface area contributed by atoms with Crippen molar-refractivity contribution in [3.8, 4) is 0 Å². The normalized spacial score (nSPS) is 17.7. The molecule has 0 aromatic carbocycles. The third-order valence-corrected chi connectivity index (χ3v) is 6.02. The smallest absolute Gasteiger partial charge is 0.0417 e. The molecule has 0 aliphatic heterocycles. The van der Waals surface area contributed by atoms with Crippen LogP contribution in [0.5, 0.6) is 0 Å². The summed E-state index contributed by atoms with van der Waals surface area (Å²) in [6.45, 7) is 19.2. The molecule has 0 rings (SSSR count). The van der Waals surface area contributed by atoms with E-state index in [9.17, 15) is 0 Å². The Labute approximate surface area is 142 Å². The molecule has 134 valence electrons. The van der Waals surface area contributed by atoms with Gasteiger partial charge in [0.1, 0.15) is 0 Å². The Morgan fingerprint density at radius 2 is 0.909 bits per heavy atom. The number of rotatable bonds is 13. The van der Waals surface area contributed by atoms with Gasteiger partial charge >= 0.3 is 0 Å². The third kappa shape index (κ3) is 11.6. The molecule has 0 aliphatic carbocycles. The Morgan fingerprint density at radius 3 is 1.41 bits per heavy atom. The molecule has 0 aromatic heterocycles. The van der Waals surface area contributed by atoms with Crippen molar-refractivity contribution >= 4 is 0 Å². The predicted molar refractivity (Wildman–Crippen MR) is 103 cm³/mol. The second kappa shape index (κ2) is 12.4. The minimum atomic E-state index is 0.842. The van der Waals surface area contributed by atoms with E-state index in [0.717, 1.165) is 35.5 Å². The molecule has 0 saturated carbocycles. The van der Waals surface area contributed by atoms with Gasteiger partial charge in [0.15, 0.2) is 0 Å². The maximum Gasteiger partial charge on any atom is -0.0417 e. The van der Waals surface area contributed by atoms with Crippen LogP contribution >= 0.6 is 0 Å². The largest absolute Gasteiger partial charge is 0.0628 e. The van der Waals surface area contributed by atoms with Crippen LogP contribution in [0.3, 0.4) is 0 Å². The highest BCUT2D eigenvalue weighted by Gasteiger charge is 2.15. The summed E-state index contributed by atoms with van der Waals surface area (Å²) in [5.74, 6) is 5.34. The average molecular weight is 311 g/mol. The SMILES string of the molecule is CC(C)CCCC(C)CCCC(C)C(C)CCC(C)C(C)C. The molecule has 0 aromatic rings. The van der Waals surface area contributed by atoms with Crippen molar-refractivity contribution < 1.29 is 0 Å². The van der Waals surface area contributed by atoms with Gasteiger partial charge in [0.2, 0.25) is 0 Å². The topological polar surface area (TPSA) is 0 Å². The van der Waals surface area contributed by atoms with Gasteiger partial charge in [-0.25, -0.2) is 0 Å². The molecule has 0 aliphatic rings. The van der Waals surface area contributed by atoms with Gasteiger partial charge < -0.3 is 0 Å². The highest BCUT2D eigenvalue weighted by molar-refractivity contribution is 4.67. The summed E-state index contributed by atoms with van der Waals surface area (Å²) in [5, 5.41) is 0. The molecule has 0 amide bonds. The summed E-state index contributed by atoms with van der Waals surface area (Å²) >= 11 is 0. The van der Waals surface area contributed by atoms with E-state index in [4.69, 9.17) is 0 Å². The maximum absolute atomic E-state index is 2.48. The monoisotopic (exact) mass is 310 g/mol. The molecule has 4 atom stereocenters. The minimum Gasteiger partial charge on any atom is -0.0628 e. The molecule has 0 nitrogen and oxygen atoms in total. The molecule has 0 spiro atoms. The molecule has 0 radical (unpaired) electrons. The Balaban J connectivity index is 3.72. The Hall–Kier alpha value is 0. The quantitative estimate of drug-likeness (QED) is 0.323. The zero-order chi connectivity index (χ0) is 17.1. The fourth-order valence-corrected chi connectivity index (χ4v) is 3.24. The van der Waals surface area contributed by atoms with E-state index in [0.29, 0.717) is 0 Å². The molecular weight excluding hydrogens is 264 g/mol. The van der Waals surface area contributed by atoms with Gasteiger partial charge in [0, 0.05) is 0 Å². The number of hydrogen-bond acceptors (Lipinski definition) is 0. The molecule has 0 fully saturated rings. The fraction of sp³-hybridized carbons (Fsp3) is 1.00. The van der Waals surface area contributed by atoms with Gasteiger partial charge in [-0.2, -0.15) is 0 Å². The first-order valence-electron chi connectivity index (χ1n) is 10.2. The molecule has 0 saturated heterocycles. The zero-order valence-electron chi connectivity index (χ0n) is 17.1. The average Bonchev–Trinajstić information content (AvgIpc) is 2.43. The van der Waals surface area contributed by atoms with Crippen LogP contribution in [0.2, 0.25) is 0 Å². The number of hydrogen-bond donors (Lipinski definition) is 0.